The first kappa shape index (κ1) is 15.4. The van der Waals surface area contributed by atoms with Gasteiger partial charge in [-0.25, -0.2) is 14.4 Å². The van der Waals surface area contributed by atoms with Crippen molar-refractivity contribution >= 4 is 23.5 Å². The predicted molar refractivity (Wildman–Crippen MR) is 78.3 cm³/mol. The molecule has 1 heterocycles. The van der Waals surface area contributed by atoms with Crippen LogP contribution in [0.15, 0.2) is 30.3 Å². The van der Waals surface area contributed by atoms with Crippen LogP contribution in [0.3, 0.4) is 0 Å². The molecular formula is C14H14FN5O2. The lowest BCUT2D eigenvalue weighted by molar-refractivity contribution is -0.135. The molecule has 2 rings (SSSR count). The Morgan fingerprint density at radius 1 is 1.05 bits per heavy atom. The molecule has 0 aliphatic heterocycles. The van der Waals surface area contributed by atoms with Gasteiger partial charge in [0.25, 0.3) is 0 Å². The number of halogens is 1. The van der Waals surface area contributed by atoms with Crippen molar-refractivity contribution in [3.63, 3.8) is 0 Å². The molecule has 22 heavy (non-hydrogen) atoms. The smallest absolute Gasteiger partial charge is 0.315 e. The standard InChI is InChI=1S/C14H14FN5O2/c1-8-7-9(2)17-14(16-8)20-19-13(22)12(21)18-11-6-4-3-5-10(11)15/h3-7H,1-2H3,(H,18,21)(H,19,22)(H,16,17,20). The molecule has 0 saturated carbocycles. The third kappa shape index (κ3) is 3.98. The van der Waals surface area contributed by atoms with Gasteiger partial charge in [-0.2, -0.15) is 0 Å². The topological polar surface area (TPSA) is 96.0 Å². The van der Waals surface area contributed by atoms with Crippen LogP contribution >= 0.6 is 0 Å². The Morgan fingerprint density at radius 3 is 2.32 bits per heavy atom. The monoisotopic (exact) mass is 303 g/mol. The molecule has 0 radical (unpaired) electrons. The van der Waals surface area contributed by atoms with Crippen molar-refractivity contribution in [2.75, 3.05) is 10.7 Å². The number of aromatic nitrogens is 2. The summed E-state index contributed by atoms with van der Waals surface area (Å²) in [6, 6.07) is 7.30. The molecular weight excluding hydrogens is 289 g/mol. The molecule has 2 amide bonds. The normalized spacial score (nSPS) is 9.95. The highest BCUT2D eigenvalue weighted by atomic mass is 19.1. The van der Waals surface area contributed by atoms with Gasteiger partial charge in [-0.3, -0.25) is 20.4 Å². The number of nitrogens with one attached hydrogen (secondary N) is 3. The SMILES string of the molecule is Cc1cc(C)nc(NNC(=O)C(=O)Nc2ccccc2F)n1. The zero-order valence-corrected chi connectivity index (χ0v) is 12.0. The minimum Gasteiger partial charge on any atom is -0.315 e. The van der Waals surface area contributed by atoms with Gasteiger partial charge in [-0.1, -0.05) is 12.1 Å². The Balaban J connectivity index is 1.94. The molecule has 0 spiro atoms. The Bertz CT molecular complexity index is 700. The highest BCUT2D eigenvalue weighted by molar-refractivity contribution is 6.39. The van der Waals surface area contributed by atoms with Crippen LogP contribution in [-0.4, -0.2) is 21.8 Å². The molecule has 114 valence electrons. The number of anilines is 2. The summed E-state index contributed by atoms with van der Waals surface area (Å²) < 4.78 is 13.4. The fourth-order valence-electron chi connectivity index (χ4n) is 1.69. The largest absolute Gasteiger partial charge is 0.328 e. The summed E-state index contributed by atoms with van der Waals surface area (Å²) in [5, 5.41) is 2.16. The molecule has 0 bridgehead atoms. The fourth-order valence-corrected chi connectivity index (χ4v) is 1.69. The van der Waals surface area contributed by atoms with Crippen LogP contribution < -0.4 is 16.2 Å². The summed E-state index contributed by atoms with van der Waals surface area (Å²) in [6.45, 7) is 3.54. The highest BCUT2D eigenvalue weighted by Crippen LogP contribution is 2.11. The van der Waals surface area contributed by atoms with Crippen molar-refractivity contribution < 1.29 is 14.0 Å². The third-order valence-electron chi connectivity index (χ3n) is 2.60. The minimum atomic E-state index is -1.01. The van der Waals surface area contributed by atoms with E-state index in [9.17, 15) is 14.0 Å². The van der Waals surface area contributed by atoms with E-state index in [0.29, 0.717) is 11.4 Å². The van der Waals surface area contributed by atoms with Gasteiger partial charge < -0.3 is 5.32 Å². The lowest BCUT2D eigenvalue weighted by Gasteiger charge is -2.09. The van der Waals surface area contributed by atoms with E-state index in [1.165, 1.54) is 24.3 Å². The van der Waals surface area contributed by atoms with Crippen LogP contribution in [0.4, 0.5) is 16.0 Å². The summed E-state index contributed by atoms with van der Waals surface area (Å²) >= 11 is 0. The van der Waals surface area contributed by atoms with Gasteiger partial charge in [-0.05, 0) is 32.0 Å². The first-order chi connectivity index (χ1) is 10.5. The number of hydrogen-bond acceptors (Lipinski definition) is 5. The quantitative estimate of drug-likeness (QED) is 0.587. The molecule has 8 heteroatoms. The van der Waals surface area contributed by atoms with Crippen molar-refractivity contribution in [2.45, 2.75) is 13.8 Å². The molecule has 0 aliphatic rings. The van der Waals surface area contributed by atoms with Crippen LogP contribution in [0.1, 0.15) is 11.4 Å². The summed E-state index contributed by atoms with van der Waals surface area (Å²) in [7, 11) is 0. The number of rotatable bonds is 3. The lowest BCUT2D eigenvalue weighted by atomic mass is 10.3. The van der Waals surface area contributed by atoms with Gasteiger partial charge in [0.1, 0.15) is 5.82 Å². The number of hydrogen-bond donors (Lipinski definition) is 3. The minimum absolute atomic E-state index is 0.0784. The summed E-state index contributed by atoms with van der Waals surface area (Å²) in [4.78, 5) is 31.4. The molecule has 0 fully saturated rings. The van der Waals surface area contributed by atoms with Crippen LogP contribution in [0.25, 0.3) is 0 Å². The molecule has 3 N–H and O–H groups in total. The summed E-state index contributed by atoms with van der Waals surface area (Å²) in [5.41, 5.74) is 5.91. The molecule has 0 atom stereocenters. The van der Waals surface area contributed by atoms with E-state index in [1.54, 1.807) is 19.9 Å². The predicted octanol–water partition coefficient (Wildman–Crippen LogP) is 1.31. The number of aryl methyl sites for hydroxylation is 2. The average Bonchev–Trinajstić information content (AvgIpc) is 2.46. The summed E-state index contributed by atoms with van der Waals surface area (Å²) in [6.07, 6.45) is 0. The second kappa shape index (κ2) is 6.61. The number of benzene rings is 1. The Kier molecular flexibility index (Phi) is 4.62. The second-order valence-corrected chi connectivity index (χ2v) is 4.49. The van der Waals surface area contributed by atoms with Crippen molar-refractivity contribution in [3.05, 3.63) is 47.5 Å². The molecule has 1 aromatic heterocycles. The average molecular weight is 303 g/mol. The van der Waals surface area contributed by atoms with Crippen LogP contribution in [0.5, 0.6) is 0 Å². The molecule has 2 aromatic rings. The van der Waals surface area contributed by atoms with Gasteiger partial charge in [0.15, 0.2) is 0 Å². The third-order valence-corrected chi connectivity index (χ3v) is 2.60. The Hall–Kier alpha value is -3.03. The second-order valence-electron chi connectivity index (χ2n) is 4.49. The van der Waals surface area contributed by atoms with E-state index in [1.807, 2.05) is 0 Å². The number of carbonyl (C=O) groups excluding carboxylic acids is 2. The molecule has 0 saturated heterocycles. The zero-order valence-electron chi connectivity index (χ0n) is 12.0. The van der Waals surface area contributed by atoms with Crippen LogP contribution in [0, 0.1) is 19.7 Å². The maximum absolute atomic E-state index is 13.4. The van der Waals surface area contributed by atoms with Crippen LogP contribution in [0.2, 0.25) is 0 Å². The van der Waals surface area contributed by atoms with Gasteiger partial charge in [0.2, 0.25) is 5.95 Å². The number of amides is 2. The Morgan fingerprint density at radius 2 is 1.68 bits per heavy atom. The Labute approximate surface area is 125 Å². The van der Waals surface area contributed by atoms with Crippen molar-refractivity contribution in [1.29, 1.82) is 0 Å². The van der Waals surface area contributed by atoms with E-state index in [2.05, 4.69) is 26.1 Å². The van der Waals surface area contributed by atoms with E-state index < -0.39 is 17.6 Å². The molecule has 7 nitrogen and oxygen atoms in total. The molecule has 1 aromatic carbocycles. The maximum atomic E-state index is 13.4. The first-order valence-corrected chi connectivity index (χ1v) is 6.40. The molecule has 0 aliphatic carbocycles. The van der Waals surface area contributed by atoms with Gasteiger partial charge in [-0.15, -0.1) is 0 Å². The van der Waals surface area contributed by atoms with E-state index in [0.717, 1.165) is 0 Å². The van der Waals surface area contributed by atoms with Crippen molar-refractivity contribution in [1.82, 2.24) is 15.4 Å². The van der Waals surface area contributed by atoms with Gasteiger partial charge in [0, 0.05) is 11.4 Å². The fraction of sp³-hybridized carbons (Fsp3) is 0.143. The number of para-hydroxylation sites is 1. The van der Waals surface area contributed by atoms with E-state index >= 15 is 0 Å². The highest BCUT2D eigenvalue weighted by Gasteiger charge is 2.15. The lowest BCUT2D eigenvalue weighted by Crippen LogP contribution is -2.39. The number of carbonyl (C=O) groups is 2. The van der Waals surface area contributed by atoms with Gasteiger partial charge >= 0.3 is 11.8 Å². The number of hydrazine groups is 1. The zero-order chi connectivity index (χ0) is 16.1. The van der Waals surface area contributed by atoms with Crippen molar-refractivity contribution in [3.8, 4) is 0 Å². The molecule has 0 unspecified atom stereocenters. The van der Waals surface area contributed by atoms with Gasteiger partial charge in [0.05, 0.1) is 5.69 Å². The van der Waals surface area contributed by atoms with E-state index in [4.69, 9.17) is 0 Å². The number of nitrogens with zero attached hydrogens (tertiary/aromatic N) is 2. The summed E-state index contributed by atoms with van der Waals surface area (Å²) in [5.74, 6) is -2.48. The van der Waals surface area contributed by atoms with E-state index in [-0.39, 0.29) is 11.6 Å². The maximum Gasteiger partial charge on any atom is 0.328 e. The first-order valence-electron chi connectivity index (χ1n) is 6.40. The van der Waals surface area contributed by atoms with Crippen molar-refractivity contribution in [2.24, 2.45) is 0 Å². The van der Waals surface area contributed by atoms with Crippen LogP contribution in [-0.2, 0) is 9.59 Å².